The van der Waals surface area contributed by atoms with Crippen LogP contribution in [0.15, 0.2) is 59.7 Å². The van der Waals surface area contributed by atoms with E-state index in [4.69, 9.17) is 62.7 Å². The Morgan fingerprint density at radius 3 is 2.15 bits per heavy atom. The summed E-state index contributed by atoms with van der Waals surface area (Å²) in [6.07, 6.45) is 1.87. The fraction of sp³-hybridized carbons (Fsp3) is 0.353. The number of ether oxygens (including phenoxy) is 1. The number of rotatable bonds is 10. The molecule has 4 rings (SSSR count). The minimum Gasteiger partial charge on any atom is -0.483 e. The third kappa shape index (κ3) is 8.01. The highest BCUT2D eigenvalue weighted by atomic mass is 35.5. The monoisotopic (exact) mass is 738 g/mol. The molecule has 0 aromatic heterocycles. The van der Waals surface area contributed by atoms with Crippen molar-refractivity contribution >= 4 is 92.9 Å². The van der Waals surface area contributed by atoms with Gasteiger partial charge in [-0.25, -0.2) is 0 Å². The van der Waals surface area contributed by atoms with Gasteiger partial charge in [-0.2, -0.15) is 5.01 Å². The van der Waals surface area contributed by atoms with Crippen LogP contribution < -0.4 is 20.4 Å². The van der Waals surface area contributed by atoms with Gasteiger partial charge >= 0.3 is 0 Å². The number of hydrazone groups is 1. The number of alkyl halides is 2. The molecule has 3 amide bonds. The lowest BCUT2D eigenvalue weighted by atomic mass is 9.76. The number of carbonyl (C=O) groups excluding carboxylic acids is 3. The van der Waals surface area contributed by atoms with Crippen LogP contribution >= 0.6 is 58.0 Å². The van der Waals surface area contributed by atoms with Crippen molar-refractivity contribution in [2.45, 2.75) is 69.5 Å². The predicted molar refractivity (Wildman–Crippen MR) is 192 cm³/mol. The molecular formula is C34H35Cl5N4O4. The Morgan fingerprint density at radius 1 is 0.894 bits per heavy atom. The Labute approximate surface area is 299 Å². The van der Waals surface area contributed by atoms with E-state index in [0.29, 0.717) is 11.4 Å². The number of nitrogens with one attached hydrogen (secondary N) is 2. The van der Waals surface area contributed by atoms with Crippen molar-refractivity contribution in [2.75, 3.05) is 16.9 Å². The summed E-state index contributed by atoms with van der Waals surface area (Å²) in [6.45, 7) is 12.8. The van der Waals surface area contributed by atoms with Gasteiger partial charge in [-0.1, -0.05) is 118 Å². The zero-order valence-electron chi connectivity index (χ0n) is 26.7. The molecule has 0 unspecified atom stereocenters. The molecule has 0 fully saturated rings. The van der Waals surface area contributed by atoms with Gasteiger partial charge in [0.25, 0.3) is 22.1 Å². The van der Waals surface area contributed by atoms with E-state index in [1.54, 1.807) is 12.1 Å². The third-order valence-corrected chi connectivity index (χ3v) is 9.88. The highest BCUT2D eigenvalue weighted by Crippen LogP contribution is 2.42. The Kier molecular flexibility index (Phi) is 11.1. The van der Waals surface area contributed by atoms with Crippen LogP contribution in [-0.4, -0.2) is 34.5 Å². The lowest BCUT2D eigenvalue weighted by Crippen LogP contribution is -2.44. The molecule has 8 nitrogen and oxygen atoms in total. The van der Waals surface area contributed by atoms with Crippen molar-refractivity contribution in [3.8, 4) is 5.75 Å². The number of hydrogen-bond donors (Lipinski definition) is 2. The summed E-state index contributed by atoms with van der Waals surface area (Å²) in [5, 5.41) is 10.4. The number of benzene rings is 3. The molecule has 0 spiro atoms. The van der Waals surface area contributed by atoms with Gasteiger partial charge in [0.1, 0.15) is 11.4 Å². The van der Waals surface area contributed by atoms with Crippen molar-refractivity contribution < 1.29 is 19.1 Å². The molecule has 250 valence electrons. The van der Waals surface area contributed by atoms with Crippen LogP contribution in [0, 0.1) is 0 Å². The second kappa shape index (κ2) is 14.2. The summed E-state index contributed by atoms with van der Waals surface area (Å²) in [6, 6.07) is 15.1. The SMILES string of the molecule is CCC(C)(C)c1ccc(OCC(=O)Nc2cccc(C(=O)NC3=NN(c4c(Cl)cc(Cl)cc4Cl)C(=O)C3(Cl)Cl)c2)c(C(C)(C)CC)c1. The minimum atomic E-state index is -2.25. The van der Waals surface area contributed by atoms with Crippen LogP contribution in [0.4, 0.5) is 11.4 Å². The first kappa shape index (κ1) is 36.8. The first-order valence-corrected chi connectivity index (χ1v) is 16.7. The first-order valence-electron chi connectivity index (χ1n) is 14.9. The summed E-state index contributed by atoms with van der Waals surface area (Å²) in [5.41, 5.74) is 2.54. The van der Waals surface area contributed by atoms with Crippen LogP contribution in [0.2, 0.25) is 15.1 Å². The van der Waals surface area contributed by atoms with Crippen molar-refractivity contribution in [1.82, 2.24) is 5.32 Å². The van der Waals surface area contributed by atoms with Gasteiger partial charge in [-0.3, -0.25) is 14.4 Å². The zero-order valence-corrected chi connectivity index (χ0v) is 30.5. The van der Waals surface area contributed by atoms with E-state index in [-0.39, 0.29) is 49.6 Å². The minimum absolute atomic E-state index is 0.00176. The van der Waals surface area contributed by atoms with Gasteiger partial charge in [-0.05, 0) is 65.6 Å². The smallest absolute Gasteiger partial charge is 0.291 e. The van der Waals surface area contributed by atoms with Crippen LogP contribution in [0.3, 0.4) is 0 Å². The Morgan fingerprint density at radius 2 is 1.53 bits per heavy atom. The topological polar surface area (TPSA) is 100 Å². The quantitative estimate of drug-likeness (QED) is 0.203. The Bertz CT molecular complexity index is 1730. The van der Waals surface area contributed by atoms with Crippen LogP contribution in [0.5, 0.6) is 5.75 Å². The molecule has 47 heavy (non-hydrogen) atoms. The fourth-order valence-electron chi connectivity index (χ4n) is 4.69. The molecule has 0 atom stereocenters. The first-order chi connectivity index (χ1) is 21.9. The molecule has 3 aromatic carbocycles. The Hall–Kier alpha value is -3.01. The molecule has 0 radical (unpaired) electrons. The lowest BCUT2D eigenvalue weighted by molar-refractivity contribution is -0.118. The van der Waals surface area contributed by atoms with Gasteiger partial charge in [0.05, 0.1) is 10.0 Å². The van der Waals surface area contributed by atoms with E-state index in [1.165, 1.54) is 29.8 Å². The van der Waals surface area contributed by atoms with Crippen molar-refractivity contribution in [1.29, 1.82) is 0 Å². The number of carbonyl (C=O) groups is 3. The van der Waals surface area contributed by atoms with Gasteiger partial charge in [-0.15, -0.1) is 5.10 Å². The number of amidine groups is 1. The molecule has 1 aliphatic rings. The maximum absolute atomic E-state index is 13.2. The summed E-state index contributed by atoms with van der Waals surface area (Å²) in [4.78, 5) is 39.2. The summed E-state index contributed by atoms with van der Waals surface area (Å²) in [5.74, 6) is -1.73. The standard InChI is InChI=1S/C34H35Cl5N4O4/c1-7-32(3,4)20-12-13-26(23(15-20)33(5,6)8-2)47-18-27(44)40-22-11-9-10-19(14-22)29(45)41-30-34(38,39)31(46)43(42-30)28-24(36)16-21(35)17-25(28)37/h9-17H,7-8,18H2,1-6H3,(H,40,44)(H,41,42,45). The molecule has 2 N–H and O–H groups in total. The van der Waals surface area contributed by atoms with Crippen LogP contribution in [0.25, 0.3) is 0 Å². The highest BCUT2D eigenvalue weighted by molar-refractivity contribution is 6.71. The maximum atomic E-state index is 13.2. The highest BCUT2D eigenvalue weighted by Gasteiger charge is 2.51. The van der Waals surface area contributed by atoms with Gasteiger partial charge in [0.15, 0.2) is 12.4 Å². The fourth-order valence-corrected chi connectivity index (χ4v) is 6.00. The average Bonchev–Trinajstić information content (AvgIpc) is 3.22. The van der Waals surface area contributed by atoms with Crippen molar-refractivity contribution in [3.63, 3.8) is 0 Å². The Balaban J connectivity index is 1.47. The average molecular weight is 741 g/mol. The molecule has 0 saturated carbocycles. The van der Waals surface area contributed by atoms with E-state index in [2.05, 4.69) is 63.3 Å². The third-order valence-electron chi connectivity index (χ3n) is 8.41. The van der Waals surface area contributed by atoms with E-state index in [1.807, 2.05) is 12.1 Å². The number of amides is 3. The second-order valence-corrected chi connectivity index (χ2v) is 15.0. The normalized spacial score (nSPS) is 14.6. The number of halogens is 5. The molecule has 1 heterocycles. The maximum Gasteiger partial charge on any atom is 0.291 e. The van der Waals surface area contributed by atoms with Crippen LogP contribution in [-0.2, 0) is 20.4 Å². The largest absolute Gasteiger partial charge is 0.483 e. The molecule has 13 heteroatoms. The summed E-state index contributed by atoms with van der Waals surface area (Å²) in [7, 11) is 0. The number of anilines is 2. The predicted octanol–water partition coefficient (Wildman–Crippen LogP) is 9.30. The van der Waals surface area contributed by atoms with Crippen LogP contribution in [0.1, 0.15) is 75.9 Å². The summed E-state index contributed by atoms with van der Waals surface area (Å²) < 4.78 is 3.78. The van der Waals surface area contributed by atoms with E-state index in [0.717, 1.165) is 23.4 Å². The van der Waals surface area contributed by atoms with Crippen molar-refractivity contribution in [2.24, 2.45) is 5.10 Å². The van der Waals surface area contributed by atoms with Gasteiger partial charge < -0.3 is 15.4 Å². The van der Waals surface area contributed by atoms with Gasteiger partial charge in [0, 0.05) is 21.8 Å². The van der Waals surface area contributed by atoms with E-state index < -0.39 is 22.1 Å². The van der Waals surface area contributed by atoms with Crippen molar-refractivity contribution in [3.05, 3.63) is 86.4 Å². The molecule has 3 aromatic rings. The molecule has 0 bridgehead atoms. The lowest BCUT2D eigenvalue weighted by Gasteiger charge is -2.30. The molecule has 0 aliphatic carbocycles. The second-order valence-electron chi connectivity index (χ2n) is 12.4. The van der Waals surface area contributed by atoms with Gasteiger partial charge in [0.2, 0.25) is 0 Å². The molecule has 1 aliphatic heterocycles. The molecular weight excluding hydrogens is 706 g/mol. The van der Waals surface area contributed by atoms with E-state index in [9.17, 15) is 14.4 Å². The molecule has 0 saturated heterocycles. The zero-order chi connectivity index (χ0) is 34.9. The number of nitrogens with zero attached hydrogens (tertiary/aromatic N) is 2. The van der Waals surface area contributed by atoms with E-state index >= 15 is 0 Å². The number of hydrogen-bond acceptors (Lipinski definition) is 5. The summed E-state index contributed by atoms with van der Waals surface area (Å²) >= 11 is 31.1.